The number of anilines is 1. The fourth-order valence-corrected chi connectivity index (χ4v) is 13.0. The summed E-state index contributed by atoms with van der Waals surface area (Å²) in [5.41, 5.74) is 3.34. The van der Waals surface area contributed by atoms with Crippen LogP contribution in [-0.2, 0) is 51.2 Å². The zero-order valence-electron chi connectivity index (χ0n) is 53.8. The molecule has 4 atom stereocenters. The molecule has 6 aliphatic rings. The molecule has 4 aromatic heterocycles. The molecule has 4 fully saturated rings. The maximum Gasteiger partial charge on any atom is 0.408 e. The van der Waals surface area contributed by atoms with E-state index in [1.165, 1.54) is 20.7 Å². The van der Waals surface area contributed by atoms with Crippen LogP contribution in [0.4, 0.5) is 15.4 Å². The highest BCUT2D eigenvalue weighted by atomic mass is 127. The minimum absolute atomic E-state index is 0. The van der Waals surface area contributed by atoms with Crippen molar-refractivity contribution in [3.05, 3.63) is 83.6 Å². The van der Waals surface area contributed by atoms with E-state index in [1.807, 2.05) is 109 Å². The highest BCUT2D eigenvalue weighted by Gasteiger charge is 2.52. The van der Waals surface area contributed by atoms with Gasteiger partial charge in [0.15, 0.2) is 42.1 Å². The Labute approximate surface area is 572 Å². The summed E-state index contributed by atoms with van der Waals surface area (Å²) >= 11 is 10.4. The first-order valence-electron chi connectivity index (χ1n) is 31.1. The Morgan fingerprint density at radius 2 is 1.08 bits per heavy atom. The summed E-state index contributed by atoms with van der Waals surface area (Å²) in [6.07, 6.45) is 7.73. The lowest BCUT2D eigenvalue weighted by Gasteiger charge is -2.42. The van der Waals surface area contributed by atoms with E-state index in [0.29, 0.717) is 78.7 Å². The molecule has 28 heteroatoms. The summed E-state index contributed by atoms with van der Waals surface area (Å²) in [5, 5.41) is 18.9. The SMILES string of the molecule is C.CC.CC(=O)OCc1nc2c(I)nn(C3CCCCO3)c2nc1Cl.CC(=O)OCc1nc2c(I)nn(C3CCCCO3)c2nc1N1CCC2(CC1)Oc1ccccc1[C@H]2NC(=O)OC(C)(C)C.CC(C)(C)OC(=O)N[C@@H]1c2ccccc2OC12CCNCC2.[B]C. The fraction of sp³-hybridized carbons (Fsp3) is 0.594. The molecule has 92 heavy (non-hydrogen) atoms. The van der Waals surface area contributed by atoms with Crippen LogP contribution in [-0.4, -0.2) is 133 Å². The van der Waals surface area contributed by atoms with Crippen molar-refractivity contribution >= 4 is 117 Å². The Morgan fingerprint density at radius 1 is 0.652 bits per heavy atom. The first-order chi connectivity index (χ1) is 43.5. The molecule has 2 amide bonds. The molecule has 10 heterocycles. The number of nitrogens with zero attached hydrogens (tertiary/aromatic N) is 9. The van der Waals surface area contributed by atoms with E-state index in [-0.39, 0.29) is 67.9 Å². The van der Waals surface area contributed by atoms with Crippen LogP contribution in [0.15, 0.2) is 48.5 Å². The highest BCUT2D eigenvalue weighted by molar-refractivity contribution is 14.1. The number of piperidine rings is 2. The molecule has 2 aromatic carbocycles. The number of esters is 2. The number of amides is 2. The Bertz CT molecular complexity index is 3480. The van der Waals surface area contributed by atoms with Crippen molar-refractivity contribution in [1.82, 2.24) is 55.4 Å². The van der Waals surface area contributed by atoms with Crippen molar-refractivity contribution in [2.24, 2.45) is 0 Å². The number of para-hydroxylation sites is 2. The van der Waals surface area contributed by atoms with Gasteiger partial charge in [-0.15, -0.1) is 0 Å². The topological polar surface area (TPSA) is 269 Å². The monoisotopic (exact) mass is 1520 g/mol. The first kappa shape index (κ1) is 73.5. The van der Waals surface area contributed by atoms with Crippen molar-refractivity contribution in [3.8, 4) is 11.5 Å². The number of benzene rings is 2. The van der Waals surface area contributed by atoms with Gasteiger partial charge in [-0.3, -0.25) is 9.59 Å². The van der Waals surface area contributed by atoms with Gasteiger partial charge < -0.3 is 58.7 Å². The Hall–Kier alpha value is -5.89. The molecule has 6 aromatic rings. The van der Waals surface area contributed by atoms with Gasteiger partial charge in [0.05, 0.1) is 7.85 Å². The van der Waals surface area contributed by atoms with Gasteiger partial charge >= 0.3 is 24.1 Å². The van der Waals surface area contributed by atoms with Crippen molar-refractivity contribution in [3.63, 3.8) is 0 Å². The number of rotatable bonds is 9. The molecule has 2 spiro atoms. The molecular formula is C64H88BClI2N12O12. The fourth-order valence-electron chi connectivity index (χ4n) is 11.6. The van der Waals surface area contributed by atoms with Crippen LogP contribution in [0.25, 0.3) is 22.3 Å². The number of alkyl carbamates (subject to hydrolysis) is 2. The smallest absolute Gasteiger partial charge is 0.408 e. The second-order valence-electron chi connectivity index (χ2n) is 24.3. The number of carbonyl (C=O) groups is 4. The zero-order valence-corrected chi connectivity index (χ0v) is 58.9. The van der Waals surface area contributed by atoms with Gasteiger partial charge in [0, 0.05) is 77.0 Å². The largest absolute Gasteiger partial charge is 0.484 e. The van der Waals surface area contributed by atoms with E-state index in [0.717, 1.165) is 94.5 Å². The Kier molecular flexibility index (Phi) is 26.0. The van der Waals surface area contributed by atoms with Gasteiger partial charge in [0.2, 0.25) is 0 Å². The van der Waals surface area contributed by atoms with E-state index < -0.39 is 29.0 Å². The number of hydrogen-bond donors (Lipinski definition) is 3. The number of carbonyl (C=O) groups excluding carboxylic acids is 4. The summed E-state index contributed by atoms with van der Waals surface area (Å²) in [5.74, 6) is 1.49. The molecular weight excluding hydrogens is 1430 g/mol. The average molecular weight is 1520 g/mol. The molecule has 3 N–H and O–H groups in total. The van der Waals surface area contributed by atoms with Crippen molar-refractivity contribution in [2.75, 3.05) is 44.3 Å². The predicted molar refractivity (Wildman–Crippen MR) is 367 cm³/mol. The van der Waals surface area contributed by atoms with E-state index in [1.54, 1.807) is 4.68 Å². The number of aromatic nitrogens is 8. The second-order valence-corrected chi connectivity index (χ2v) is 26.7. The zero-order chi connectivity index (χ0) is 65.8. The summed E-state index contributed by atoms with van der Waals surface area (Å²) in [6, 6.07) is 15.2. The molecule has 0 saturated carbocycles. The van der Waals surface area contributed by atoms with Crippen LogP contribution >= 0.6 is 56.8 Å². The molecule has 2 unspecified atom stereocenters. The summed E-state index contributed by atoms with van der Waals surface area (Å²) in [4.78, 5) is 68.8. The third kappa shape index (κ3) is 17.9. The molecule has 24 nitrogen and oxygen atoms in total. The van der Waals surface area contributed by atoms with Gasteiger partial charge in [0.25, 0.3) is 0 Å². The molecule has 500 valence electrons. The van der Waals surface area contributed by atoms with Gasteiger partial charge in [-0.05, 0) is 150 Å². The maximum atomic E-state index is 12.9. The van der Waals surface area contributed by atoms with Crippen LogP contribution in [0.1, 0.15) is 188 Å². The lowest BCUT2D eigenvalue weighted by molar-refractivity contribution is -0.143. The highest BCUT2D eigenvalue weighted by Crippen LogP contribution is 2.50. The van der Waals surface area contributed by atoms with Crippen LogP contribution < -0.4 is 30.3 Å². The van der Waals surface area contributed by atoms with Crippen molar-refractivity contribution < 1.29 is 57.1 Å². The summed E-state index contributed by atoms with van der Waals surface area (Å²) in [6.45, 7) is 23.7. The summed E-state index contributed by atoms with van der Waals surface area (Å²) in [7, 11) is 4.50. The Morgan fingerprint density at radius 3 is 1.51 bits per heavy atom. The van der Waals surface area contributed by atoms with Crippen molar-refractivity contribution in [1.29, 1.82) is 0 Å². The number of ether oxygens (including phenoxy) is 8. The van der Waals surface area contributed by atoms with Crippen molar-refractivity contribution in [2.45, 2.75) is 208 Å². The van der Waals surface area contributed by atoms with Gasteiger partial charge in [0.1, 0.15) is 81.6 Å². The lowest BCUT2D eigenvalue weighted by Crippen LogP contribution is -2.54. The third-order valence-electron chi connectivity index (χ3n) is 15.5. The molecule has 0 aliphatic carbocycles. The normalized spacial score (nSPS) is 20.0. The lowest BCUT2D eigenvalue weighted by atomic mass is 9.82. The number of halogens is 3. The van der Waals surface area contributed by atoms with E-state index in [4.69, 9.17) is 64.6 Å². The molecule has 4 saturated heterocycles. The van der Waals surface area contributed by atoms with Gasteiger partial charge in [-0.25, -0.2) is 38.9 Å². The molecule has 6 aliphatic heterocycles. The van der Waals surface area contributed by atoms with Crippen LogP contribution in [0.3, 0.4) is 0 Å². The molecule has 0 bridgehead atoms. The Balaban J connectivity index is 0.000000207. The van der Waals surface area contributed by atoms with E-state index >= 15 is 0 Å². The van der Waals surface area contributed by atoms with Gasteiger partial charge in [-0.2, -0.15) is 10.2 Å². The van der Waals surface area contributed by atoms with Crippen LogP contribution in [0, 0.1) is 7.40 Å². The minimum atomic E-state index is -0.655. The van der Waals surface area contributed by atoms with Gasteiger partial charge in [-0.1, -0.05) is 76.1 Å². The summed E-state index contributed by atoms with van der Waals surface area (Å²) < 4.78 is 51.1. The van der Waals surface area contributed by atoms with Crippen LogP contribution in [0.2, 0.25) is 12.0 Å². The third-order valence-corrected chi connectivity index (χ3v) is 17.3. The standard InChI is InChI=1S/C30H37IN6O6.C17H24N2O3.C13H14ClIN4O3.C2H6.CH3B.CH4/c1-18(38)41-17-20-26(34-27-23(32-20)25(31)35-37(27)22-11-7-8-16-40-22)36-14-12-30(13-15-36)24(33-28(39)43-29(2,3)4)19-9-5-6-10-21(19)42-30;1-16(2,3)22-15(20)19-14-12-6-4-5-7-13(12)21-17(14)8-10-18-11-9-17;1-7(20)22-6-8-11(14)17-13-10(16-8)12(15)18-19(13)9-4-2-3-5-21-9;2*1-2;/h5-6,9-10,22,24H,7-8,11-17H2,1-4H3,(H,33,39);4-7,14,18H,8-11H2,1-3H3,(H,19,20);9H,2-6H2,1H3;1-2H3;1H3;1H4/t22?,24-;14-;;;;/m11..../s1. The van der Waals surface area contributed by atoms with Crippen LogP contribution in [0.5, 0.6) is 11.5 Å². The van der Waals surface area contributed by atoms with E-state index in [9.17, 15) is 19.2 Å². The second kappa shape index (κ2) is 32.5. The minimum Gasteiger partial charge on any atom is -0.484 e. The van der Waals surface area contributed by atoms with E-state index in [2.05, 4.69) is 88.9 Å². The molecule has 2 radical (unpaired) electrons. The number of fused-ring (bicyclic) bond motifs is 4. The average Bonchev–Trinajstić information content (AvgIpc) is 1.59. The quantitative estimate of drug-likeness (QED) is 0.0525. The molecule has 12 rings (SSSR count). The predicted octanol–water partition coefficient (Wildman–Crippen LogP) is 12.7. The maximum absolute atomic E-state index is 12.9. The number of hydrogen-bond acceptors (Lipinski definition) is 20. The number of nitrogens with one attached hydrogen (secondary N) is 3. The first-order valence-corrected chi connectivity index (χ1v) is 33.7.